The molecule has 0 bridgehead atoms. The zero-order valence-electron chi connectivity index (χ0n) is 11.4. The molecule has 1 aliphatic rings. The lowest BCUT2D eigenvalue weighted by atomic mass is 10.1. The number of sulfonamides is 1. The van der Waals surface area contributed by atoms with E-state index in [9.17, 15) is 13.2 Å². The zero-order chi connectivity index (χ0) is 14.9. The summed E-state index contributed by atoms with van der Waals surface area (Å²) >= 11 is 0. The predicted octanol–water partition coefficient (Wildman–Crippen LogP) is -0.374. The molecule has 1 aliphatic heterocycles. The van der Waals surface area contributed by atoms with Crippen LogP contribution in [0, 0.1) is 0 Å². The van der Waals surface area contributed by atoms with Crippen molar-refractivity contribution in [3.05, 3.63) is 18.0 Å². The Morgan fingerprint density at radius 2 is 2.15 bits per heavy atom. The molecule has 20 heavy (non-hydrogen) atoms. The maximum absolute atomic E-state index is 12.6. The van der Waals surface area contributed by atoms with Crippen LogP contribution in [0.1, 0.15) is 29.8 Å². The van der Waals surface area contributed by atoms with Crippen LogP contribution in [0.5, 0.6) is 0 Å². The third-order valence-corrected chi connectivity index (χ3v) is 5.60. The molecule has 1 aromatic rings. The van der Waals surface area contributed by atoms with Gasteiger partial charge < -0.3 is 16.0 Å². The highest BCUT2D eigenvalue weighted by molar-refractivity contribution is 7.89. The highest BCUT2D eigenvalue weighted by atomic mass is 32.2. The molecular weight excluding hydrogens is 280 g/mol. The lowest BCUT2D eigenvalue weighted by Crippen LogP contribution is -2.47. The number of hydrogen-bond donors (Lipinski definition) is 2. The molecule has 8 heteroatoms. The molecule has 1 atom stereocenters. The third kappa shape index (κ3) is 2.58. The lowest BCUT2D eigenvalue weighted by molar-refractivity contribution is 0.0992. The molecule has 0 aromatic carbocycles. The minimum Gasteiger partial charge on any atom is -0.364 e. The topological polar surface area (TPSA) is 111 Å². The van der Waals surface area contributed by atoms with Crippen molar-refractivity contribution in [2.75, 3.05) is 13.1 Å². The molecule has 1 unspecified atom stereocenters. The summed E-state index contributed by atoms with van der Waals surface area (Å²) in [5, 5.41) is 0. The van der Waals surface area contributed by atoms with Crippen LogP contribution < -0.4 is 11.5 Å². The maximum Gasteiger partial charge on any atom is 0.265 e. The van der Waals surface area contributed by atoms with Gasteiger partial charge in [0.15, 0.2) is 0 Å². The summed E-state index contributed by atoms with van der Waals surface area (Å²) in [5.74, 6) is -0.650. The van der Waals surface area contributed by atoms with Crippen LogP contribution in [0.3, 0.4) is 0 Å². The first-order valence-corrected chi connectivity index (χ1v) is 8.00. The third-order valence-electron chi connectivity index (χ3n) is 3.68. The van der Waals surface area contributed by atoms with Crippen molar-refractivity contribution < 1.29 is 13.2 Å². The Kier molecular flexibility index (Phi) is 4.17. The van der Waals surface area contributed by atoms with Gasteiger partial charge in [-0.3, -0.25) is 4.79 Å². The Bertz CT molecular complexity index is 608. The van der Waals surface area contributed by atoms with Crippen LogP contribution in [-0.2, 0) is 17.1 Å². The average molecular weight is 300 g/mol. The molecule has 2 rings (SSSR count). The first-order valence-electron chi connectivity index (χ1n) is 6.56. The van der Waals surface area contributed by atoms with Crippen molar-refractivity contribution in [3.63, 3.8) is 0 Å². The number of nitrogens with zero attached hydrogens (tertiary/aromatic N) is 2. The van der Waals surface area contributed by atoms with E-state index in [2.05, 4.69) is 0 Å². The van der Waals surface area contributed by atoms with Gasteiger partial charge in [-0.05, 0) is 18.9 Å². The molecule has 1 amide bonds. The van der Waals surface area contributed by atoms with Crippen LogP contribution in [0.4, 0.5) is 0 Å². The van der Waals surface area contributed by atoms with E-state index < -0.39 is 15.9 Å². The van der Waals surface area contributed by atoms with E-state index in [1.807, 2.05) is 0 Å². The van der Waals surface area contributed by atoms with Crippen molar-refractivity contribution in [1.29, 1.82) is 0 Å². The predicted molar refractivity (Wildman–Crippen MR) is 74.5 cm³/mol. The molecule has 2 heterocycles. The molecular formula is C12H20N4O3S. The molecule has 4 N–H and O–H groups in total. The molecule has 7 nitrogen and oxygen atoms in total. The lowest BCUT2D eigenvalue weighted by Gasteiger charge is -2.33. The molecule has 0 spiro atoms. The van der Waals surface area contributed by atoms with E-state index in [4.69, 9.17) is 11.5 Å². The second-order valence-electron chi connectivity index (χ2n) is 5.04. The van der Waals surface area contributed by atoms with Gasteiger partial charge >= 0.3 is 0 Å². The van der Waals surface area contributed by atoms with Gasteiger partial charge in [0, 0.05) is 32.4 Å². The number of aryl methyl sites for hydroxylation is 1. The van der Waals surface area contributed by atoms with Crippen molar-refractivity contribution in [1.82, 2.24) is 8.87 Å². The first-order chi connectivity index (χ1) is 9.37. The van der Waals surface area contributed by atoms with Crippen LogP contribution in [-0.4, -0.2) is 42.3 Å². The second kappa shape index (κ2) is 5.55. The normalized spacial score (nSPS) is 21.0. The van der Waals surface area contributed by atoms with E-state index in [1.165, 1.54) is 21.1 Å². The highest BCUT2D eigenvalue weighted by Gasteiger charge is 2.33. The standard InChI is InChI=1S/C12H20N4O3S/c1-15-8-10(6-11(15)12(14)17)20(18,19)16-5-3-2-4-9(16)7-13/h6,8-9H,2-5,7,13H2,1H3,(H2,14,17). The van der Waals surface area contributed by atoms with E-state index >= 15 is 0 Å². The van der Waals surface area contributed by atoms with Gasteiger partial charge in [-0.15, -0.1) is 0 Å². The Balaban J connectivity index is 2.39. The fourth-order valence-corrected chi connectivity index (χ4v) is 4.36. The molecule has 0 radical (unpaired) electrons. The summed E-state index contributed by atoms with van der Waals surface area (Å²) in [6, 6.07) is 1.14. The number of aromatic nitrogens is 1. The van der Waals surface area contributed by atoms with Gasteiger partial charge in [0.25, 0.3) is 5.91 Å². The first kappa shape index (κ1) is 15.0. The molecule has 0 aliphatic carbocycles. The van der Waals surface area contributed by atoms with E-state index in [0.717, 1.165) is 19.3 Å². The zero-order valence-corrected chi connectivity index (χ0v) is 12.3. The Morgan fingerprint density at radius 3 is 2.70 bits per heavy atom. The summed E-state index contributed by atoms with van der Waals surface area (Å²) < 4.78 is 28.2. The molecule has 1 fully saturated rings. The summed E-state index contributed by atoms with van der Waals surface area (Å²) in [6.45, 7) is 0.764. The van der Waals surface area contributed by atoms with Crippen LogP contribution in [0.15, 0.2) is 17.2 Å². The number of carbonyl (C=O) groups excluding carboxylic acids is 1. The monoisotopic (exact) mass is 300 g/mol. The summed E-state index contributed by atoms with van der Waals surface area (Å²) in [6.07, 6.45) is 3.99. The largest absolute Gasteiger partial charge is 0.364 e. The highest BCUT2D eigenvalue weighted by Crippen LogP contribution is 2.25. The fraction of sp³-hybridized carbons (Fsp3) is 0.583. The number of rotatable bonds is 4. The van der Waals surface area contributed by atoms with Crippen LogP contribution in [0.25, 0.3) is 0 Å². The minimum absolute atomic E-state index is 0.0918. The second-order valence-corrected chi connectivity index (χ2v) is 6.93. The number of nitrogens with two attached hydrogens (primary N) is 2. The molecule has 1 saturated heterocycles. The van der Waals surface area contributed by atoms with E-state index in [0.29, 0.717) is 13.1 Å². The Morgan fingerprint density at radius 1 is 1.45 bits per heavy atom. The fourth-order valence-electron chi connectivity index (χ4n) is 2.58. The summed E-state index contributed by atoms with van der Waals surface area (Å²) in [7, 11) is -2.04. The van der Waals surface area contributed by atoms with Crippen LogP contribution in [0.2, 0.25) is 0 Å². The van der Waals surface area contributed by atoms with Gasteiger partial charge in [0.05, 0.1) is 0 Å². The number of primary amides is 1. The number of amides is 1. The Hall–Kier alpha value is -1.38. The quantitative estimate of drug-likeness (QED) is 0.789. The van der Waals surface area contributed by atoms with Crippen LogP contribution >= 0.6 is 0 Å². The van der Waals surface area contributed by atoms with Gasteiger partial charge in [-0.2, -0.15) is 4.31 Å². The molecule has 1 aromatic heterocycles. The van der Waals surface area contributed by atoms with Gasteiger partial charge in [0.1, 0.15) is 10.6 Å². The number of hydrogen-bond acceptors (Lipinski definition) is 4. The van der Waals surface area contributed by atoms with Gasteiger partial charge in [-0.1, -0.05) is 6.42 Å². The number of carbonyl (C=O) groups is 1. The van der Waals surface area contributed by atoms with E-state index in [1.54, 1.807) is 7.05 Å². The molecule has 112 valence electrons. The summed E-state index contributed by atoms with van der Waals surface area (Å²) in [5.41, 5.74) is 11.1. The minimum atomic E-state index is -3.63. The number of piperidine rings is 1. The van der Waals surface area contributed by atoms with Gasteiger partial charge in [0.2, 0.25) is 10.0 Å². The SMILES string of the molecule is Cn1cc(S(=O)(=O)N2CCCCC2CN)cc1C(N)=O. The van der Waals surface area contributed by atoms with Crippen molar-refractivity contribution >= 4 is 15.9 Å². The van der Waals surface area contributed by atoms with Crippen molar-refractivity contribution in [3.8, 4) is 0 Å². The van der Waals surface area contributed by atoms with Crippen molar-refractivity contribution in [2.24, 2.45) is 18.5 Å². The van der Waals surface area contributed by atoms with E-state index in [-0.39, 0.29) is 16.6 Å². The smallest absolute Gasteiger partial charge is 0.265 e. The average Bonchev–Trinajstić information content (AvgIpc) is 2.81. The van der Waals surface area contributed by atoms with Gasteiger partial charge in [-0.25, -0.2) is 8.42 Å². The Labute approximate surface area is 118 Å². The molecule has 0 saturated carbocycles. The van der Waals surface area contributed by atoms with Crippen molar-refractivity contribution in [2.45, 2.75) is 30.2 Å². The summed E-state index contributed by atoms with van der Waals surface area (Å²) in [4.78, 5) is 11.3. The maximum atomic E-state index is 12.6.